The van der Waals surface area contributed by atoms with Crippen LogP contribution in [0.4, 0.5) is 5.69 Å². The van der Waals surface area contributed by atoms with E-state index in [1.165, 1.54) is 11.8 Å². The molecule has 0 radical (unpaired) electrons. The topological polar surface area (TPSA) is 29.1 Å². The number of carbonyl (C=O) groups is 1. The van der Waals surface area contributed by atoms with E-state index in [0.29, 0.717) is 21.6 Å². The molecule has 0 aliphatic rings. The van der Waals surface area contributed by atoms with Gasteiger partial charge in [0.25, 0.3) is 0 Å². The fraction of sp³-hybridized carbons (Fsp3) is 0.133. The van der Waals surface area contributed by atoms with E-state index in [4.69, 9.17) is 23.2 Å². The van der Waals surface area contributed by atoms with Gasteiger partial charge in [-0.2, -0.15) is 0 Å². The van der Waals surface area contributed by atoms with Crippen LogP contribution in [-0.4, -0.2) is 11.7 Å². The first kappa shape index (κ1) is 16.7. The van der Waals surface area contributed by atoms with Gasteiger partial charge in [0.05, 0.1) is 15.8 Å². The molecule has 0 bridgehead atoms. The zero-order chi connectivity index (χ0) is 15.2. The fourth-order valence-electron chi connectivity index (χ4n) is 1.65. The molecule has 0 saturated heterocycles. The van der Waals surface area contributed by atoms with E-state index in [1.54, 1.807) is 6.07 Å². The highest BCUT2D eigenvalue weighted by Crippen LogP contribution is 2.24. The van der Waals surface area contributed by atoms with Gasteiger partial charge in [-0.15, -0.1) is 11.8 Å². The second-order valence-corrected chi connectivity index (χ2v) is 7.02. The predicted molar refractivity (Wildman–Crippen MR) is 95.4 cm³/mol. The van der Waals surface area contributed by atoms with E-state index in [2.05, 4.69) is 21.2 Å². The average Bonchev–Trinajstić information content (AvgIpc) is 2.43. The molecule has 110 valence electrons. The minimum atomic E-state index is -0.0295. The highest BCUT2D eigenvalue weighted by Gasteiger charge is 2.04. The summed E-state index contributed by atoms with van der Waals surface area (Å²) in [7, 11) is 0. The van der Waals surface area contributed by atoms with Crippen molar-refractivity contribution >= 4 is 62.5 Å². The van der Waals surface area contributed by atoms with Crippen LogP contribution in [0.5, 0.6) is 0 Å². The van der Waals surface area contributed by atoms with Gasteiger partial charge in [-0.1, -0.05) is 51.3 Å². The van der Waals surface area contributed by atoms with Crippen molar-refractivity contribution in [1.29, 1.82) is 0 Å². The molecule has 2 aromatic rings. The van der Waals surface area contributed by atoms with Crippen molar-refractivity contribution in [2.24, 2.45) is 0 Å². The minimum absolute atomic E-state index is 0.0295. The molecule has 0 saturated carbocycles. The van der Waals surface area contributed by atoms with Crippen LogP contribution in [0, 0.1) is 0 Å². The molecule has 2 aromatic carbocycles. The summed E-state index contributed by atoms with van der Waals surface area (Å²) in [5.41, 5.74) is 1.83. The van der Waals surface area contributed by atoms with E-state index in [0.717, 1.165) is 15.7 Å². The Labute approximate surface area is 146 Å². The van der Waals surface area contributed by atoms with Gasteiger partial charge >= 0.3 is 0 Å². The van der Waals surface area contributed by atoms with Gasteiger partial charge in [-0.25, -0.2) is 0 Å². The number of rotatable bonds is 5. The molecule has 0 spiro atoms. The third kappa shape index (κ3) is 5.55. The molecule has 6 heteroatoms. The lowest BCUT2D eigenvalue weighted by Gasteiger charge is -2.06. The van der Waals surface area contributed by atoms with Crippen LogP contribution in [-0.2, 0) is 10.5 Å². The largest absolute Gasteiger partial charge is 0.325 e. The number of anilines is 1. The number of carbonyl (C=O) groups excluding carboxylic acids is 1. The van der Waals surface area contributed by atoms with Crippen molar-refractivity contribution in [1.82, 2.24) is 0 Å². The van der Waals surface area contributed by atoms with Crippen molar-refractivity contribution in [2.45, 2.75) is 5.75 Å². The average molecular weight is 405 g/mol. The molecule has 0 heterocycles. The lowest BCUT2D eigenvalue weighted by molar-refractivity contribution is -0.113. The van der Waals surface area contributed by atoms with Crippen molar-refractivity contribution in [3.63, 3.8) is 0 Å². The van der Waals surface area contributed by atoms with E-state index < -0.39 is 0 Å². The van der Waals surface area contributed by atoms with Crippen LogP contribution in [0.3, 0.4) is 0 Å². The van der Waals surface area contributed by atoms with Crippen molar-refractivity contribution in [3.05, 3.63) is 62.5 Å². The Balaban J connectivity index is 1.80. The monoisotopic (exact) mass is 403 g/mol. The third-order valence-electron chi connectivity index (χ3n) is 2.59. The molecule has 21 heavy (non-hydrogen) atoms. The molecule has 1 amide bonds. The smallest absolute Gasteiger partial charge is 0.234 e. The molecule has 1 N–H and O–H groups in total. The van der Waals surface area contributed by atoms with Crippen molar-refractivity contribution in [2.75, 3.05) is 11.1 Å². The van der Waals surface area contributed by atoms with Crippen LogP contribution in [0.15, 0.2) is 46.9 Å². The predicted octanol–water partition coefficient (Wildman–Crippen LogP) is 5.63. The van der Waals surface area contributed by atoms with Crippen molar-refractivity contribution < 1.29 is 4.79 Å². The van der Waals surface area contributed by atoms with Gasteiger partial charge in [-0.05, 0) is 35.9 Å². The Bertz CT molecular complexity index is 651. The van der Waals surface area contributed by atoms with Gasteiger partial charge in [0, 0.05) is 15.9 Å². The number of thioether (sulfide) groups is 1. The Kier molecular flexibility index (Phi) is 6.42. The number of nitrogens with one attached hydrogen (secondary N) is 1. The Morgan fingerprint density at radius 2 is 1.95 bits per heavy atom. The number of amides is 1. The summed E-state index contributed by atoms with van der Waals surface area (Å²) in [6.07, 6.45) is 0. The summed E-state index contributed by atoms with van der Waals surface area (Å²) in [6, 6.07) is 13.0. The van der Waals surface area contributed by atoms with Crippen LogP contribution in [0.25, 0.3) is 0 Å². The first-order valence-electron chi connectivity index (χ1n) is 6.11. The summed E-state index contributed by atoms with van der Waals surface area (Å²) >= 11 is 16.7. The normalized spacial score (nSPS) is 10.4. The van der Waals surface area contributed by atoms with E-state index in [-0.39, 0.29) is 5.91 Å². The van der Waals surface area contributed by atoms with Crippen LogP contribution in [0.2, 0.25) is 10.0 Å². The van der Waals surface area contributed by atoms with Gasteiger partial charge in [0.15, 0.2) is 0 Å². The number of benzene rings is 2. The Morgan fingerprint density at radius 3 is 2.67 bits per heavy atom. The lowest BCUT2D eigenvalue weighted by atomic mass is 10.2. The van der Waals surface area contributed by atoms with E-state index >= 15 is 0 Å². The Morgan fingerprint density at radius 1 is 1.14 bits per heavy atom. The molecule has 0 unspecified atom stereocenters. The van der Waals surface area contributed by atoms with Crippen LogP contribution in [0.1, 0.15) is 5.56 Å². The summed E-state index contributed by atoms with van der Waals surface area (Å²) in [6.45, 7) is 0. The minimum Gasteiger partial charge on any atom is -0.325 e. The van der Waals surface area contributed by atoms with E-state index in [9.17, 15) is 4.79 Å². The van der Waals surface area contributed by atoms with Crippen LogP contribution < -0.4 is 5.32 Å². The number of halogens is 3. The SMILES string of the molecule is O=C(CSCc1ccc(Cl)c(Cl)c1)Nc1cccc(Br)c1. The second kappa shape index (κ2) is 8.08. The number of hydrogen-bond donors (Lipinski definition) is 1. The molecule has 0 aliphatic carbocycles. The maximum absolute atomic E-state index is 11.8. The van der Waals surface area contributed by atoms with Gasteiger partial charge in [0.1, 0.15) is 0 Å². The summed E-state index contributed by atoms with van der Waals surface area (Å²) in [5.74, 6) is 1.06. The zero-order valence-corrected chi connectivity index (χ0v) is 14.8. The molecular formula is C15H12BrCl2NOS. The molecule has 0 aromatic heterocycles. The molecular weight excluding hydrogens is 393 g/mol. The molecule has 0 fully saturated rings. The second-order valence-electron chi connectivity index (χ2n) is 4.30. The quantitative estimate of drug-likeness (QED) is 0.699. The molecule has 0 atom stereocenters. The zero-order valence-electron chi connectivity index (χ0n) is 10.9. The lowest BCUT2D eigenvalue weighted by Crippen LogP contribution is -2.14. The summed E-state index contributed by atoms with van der Waals surface area (Å²) in [5, 5.41) is 3.93. The van der Waals surface area contributed by atoms with Gasteiger partial charge in [0.2, 0.25) is 5.91 Å². The molecule has 2 rings (SSSR count). The third-order valence-corrected chi connectivity index (χ3v) is 4.83. The molecule has 0 aliphatic heterocycles. The number of hydrogen-bond acceptors (Lipinski definition) is 2. The van der Waals surface area contributed by atoms with E-state index in [1.807, 2.05) is 36.4 Å². The Hall–Kier alpha value is -0.680. The summed E-state index contributed by atoms with van der Waals surface area (Å²) in [4.78, 5) is 11.8. The highest BCUT2D eigenvalue weighted by atomic mass is 79.9. The maximum Gasteiger partial charge on any atom is 0.234 e. The first-order valence-corrected chi connectivity index (χ1v) is 8.82. The standard InChI is InChI=1S/C15H12BrCl2NOS/c16-11-2-1-3-12(7-11)19-15(20)9-21-8-10-4-5-13(17)14(18)6-10/h1-7H,8-9H2,(H,19,20). The maximum atomic E-state index is 11.8. The van der Waals surface area contributed by atoms with Gasteiger partial charge in [-0.3, -0.25) is 4.79 Å². The summed E-state index contributed by atoms with van der Waals surface area (Å²) < 4.78 is 0.934. The van der Waals surface area contributed by atoms with Gasteiger partial charge < -0.3 is 5.32 Å². The highest BCUT2D eigenvalue weighted by molar-refractivity contribution is 9.10. The molecule has 2 nitrogen and oxygen atoms in total. The van der Waals surface area contributed by atoms with Crippen LogP contribution >= 0.6 is 50.9 Å². The first-order chi connectivity index (χ1) is 10.0. The fourth-order valence-corrected chi connectivity index (χ4v) is 3.15. The van der Waals surface area contributed by atoms with Crippen molar-refractivity contribution in [3.8, 4) is 0 Å².